The Kier molecular flexibility index (Phi) is 6.37. The zero-order valence-corrected chi connectivity index (χ0v) is 22.8. The van der Waals surface area contributed by atoms with Gasteiger partial charge in [0, 0.05) is 36.5 Å². The van der Waals surface area contributed by atoms with Crippen LogP contribution in [-0.4, -0.2) is 68.0 Å². The summed E-state index contributed by atoms with van der Waals surface area (Å²) in [4.78, 5) is 17.8. The molecule has 0 aliphatic carbocycles. The van der Waals surface area contributed by atoms with Crippen LogP contribution in [0, 0.1) is 13.8 Å². The highest BCUT2D eigenvalue weighted by Crippen LogP contribution is 2.37. The van der Waals surface area contributed by atoms with Gasteiger partial charge in [-0.1, -0.05) is 30.3 Å². The molecule has 1 fully saturated rings. The molecule has 3 aromatic heterocycles. The van der Waals surface area contributed by atoms with Crippen molar-refractivity contribution in [2.24, 2.45) is 0 Å². The Bertz CT molecular complexity index is 1720. The van der Waals surface area contributed by atoms with E-state index < -0.39 is 6.09 Å². The summed E-state index contributed by atoms with van der Waals surface area (Å²) in [7, 11) is 3.31. The van der Waals surface area contributed by atoms with E-state index >= 15 is 0 Å². The number of benzene rings is 2. The Hall–Kier alpha value is -4.86. The second-order valence-electron chi connectivity index (χ2n) is 10.1. The first-order chi connectivity index (χ1) is 19.4. The number of fused-ring (bicyclic) bond motifs is 1. The van der Waals surface area contributed by atoms with E-state index in [0.717, 1.165) is 44.7 Å². The Balaban J connectivity index is 1.48. The SMILES string of the molecule is COc1ccc(Cn2nc(-c3cnn(C4CN(C(=O)O)C4)c3)c3nc(-c4cccc(C)c4C)c(OC)cc32)cc1. The van der Waals surface area contributed by atoms with Gasteiger partial charge in [0.15, 0.2) is 0 Å². The first kappa shape index (κ1) is 25.4. The number of aromatic nitrogens is 5. The summed E-state index contributed by atoms with van der Waals surface area (Å²) >= 11 is 0. The second kappa shape index (κ2) is 10.0. The maximum Gasteiger partial charge on any atom is 0.407 e. The van der Waals surface area contributed by atoms with Gasteiger partial charge in [-0.2, -0.15) is 10.2 Å². The van der Waals surface area contributed by atoms with Crippen molar-refractivity contribution in [2.45, 2.75) is 26.4 Å². The van der Waals surface area contributed by atoms with E-state index in [9.17, 15) is 9.90 Å². The highest BCUT2D eigenvalue weighted by Gasteiger charge is 2.32. The zero-order valence-electron chi connectivity index (χ0n) is 22.8. The molecule has 1 amide bonds. The number of nitrogens with zero attached hydrogens (tertiary/aromatic N) is 6. The van der Waals surface area contributed by atoms with Gasteiger partial charge in [0.2, 0.25) is 0 Å². The van der Waals surface area contributed by atoms with Gasteiger partial charge in [-0.3, -0.25) is 9.36 Å². The maximum atomic E-state index is 11.2. The summed E-state index contributed by atoms with van der Waals surface area (Å²) in [5.41, 5.74) is 8.24. The van der Waals surface area contributed by atoms with E-state index in [1.54, 1.807) is 20.4 Å². The summed E-state index contributed by atoms with van der Waals surface area (Å²) in [5.74, 6) is 1.46. The third kappa shape index (κ3) is 4.41. The Labute approximate surface area is 231 Å². The number of hydrogen-bond donors (Lipinski definition) is 1. The minimum Gasteiger partial charge on any atom is -0.497 e. The van der Waals surface area contributed by atoms with Gasteiger partial charge in [0.25, 0.3) is 0 Å². The fourth-order valence-corrected chi connectivity index (χ4v) is 5.09. The van der Waals surface area contributed by atoms with Crippen LogP contribution in [0.2, 0.25) is 0 Å². The fourth-order valence-electron chi connectivity index (χ4n) is 5.09. The van der Waals surface area contributed by atoms with Crippen LogP contribution in [-0.2, 0) is 6.54 Å². The molecule has 0 radical (unpaired) electrons. The summed E-state index contributed by atoms with van der Waals surface area (Å²) in [6, 6.07) is 16.1. The average Bonchev–Trinajstić information content (AvgIpc) is 3.54. The largest absolute Gasteiger partial charge is 0.497 e. The molecule has 10 nitrogen and oxygen atoms in total. The van der Waals surface area contributed by atoms with Crippen molar-refractivity contribution in [3.8, 4) is 34.0 Å². The molecule has 1 aliphatic rings. The standard InChI is InChI=1S/C30H30N6O4/c1-18-6-5-7-24(19(18)2)28-26(40-4)12-25-29(32-28)27(33-36(25)14-20-8-10-23(39-3)11-9-20)21-13-31-35(15-21)22-16-34(17-22)30(37)38/h5-13,15,22H,14,16-17H2,1-4H3,(H,37,38). The highest BCUT2D eigenvalue weighted by atomic mass is 16.5. The minimum atomic E-state index is -0.913. The number of rotatable bonds is 7. The molecular weight excluding hydrogens is 508 g/mol. The van der Waals surface area contributed by atoms with E-state index in [1.165, 1.54) is 10.5 Å². The van der Waals surface area contributed by atoms with Crippen molar-refractivity contribution >= 4 is 17.1 Å². The molecule has 5 aromatic rings. The van der Waals surface area contributed by atoms with Crippen LogP contribution in [0.3, 0.4) is 0 Å². The summed E-state index contributed by atoms with van der Waals surface area (Å²) in [6.07, 6.45) is 2.78. The van der Waals surface area contributed by atoms with Crippen LogP contribution >= 0.6 is 0 Å². The highest BCUT2D eigenvalue weighted by molar-refractivity contribution is 5.93. The molecule has 2 aromatic carbocycles. The molecule has 1 aliphatic heterocycles. The van der Waals surface area contributed by atoms with Crippen LogP contribution in [0.4, 0.5) is 4.79 Å². The lowest BCUT2D eigenvalue weighted by Gasteiger charge is -2.36. The summed E-state index contributed by atoms with van der Waals surface area (Å²) < 4.78 is 14.9. The van der Waals surface area contributed by atoms with Crippen LogP contribution < -0.4 is 9.47 Å². The van der Waals surface area contributed by atoms with E-state index in [4.69, 9.17) is 19.6 Å². The molecule has 6 rings (SSSR count). The third-order valence-electron chi connectivity index (χ3n) is 7.64. The molecule has 40 heavy (non-hydrogen) atoms. The van der Waals surface area contributed by atoms with E-state index in [0.29, 0.717) is 31.1 Å². The van der Waals surface area contributed by atoms with Crippen LogP contribution in [0.15, 0.2) is 60.9 Å². The zero-order chi connectivity index (χ0) is 28.0. The van der Waals surface area contributed by atoms with Gasteiger partial charge >= 0.3 is 6.09 Å². The number of amides is 1. The molecule has 0 atom stereocenters. The predicted molar refractivity (Wildman–Crippen MR) is 151 cm³/mol. The molecule has 0 saturated carbocycles. The Morgan fingerprint density at radius 2 is 1.82 bits per heavy atom. The first-order valence-electron chi connectivity index (χ1n) is 13.0. The van der Waals surface area contributed by atoms with Gasteiger partial charge in [-0.25, -0.2) is 9.78 Å². The normalized spacial score (nSPS) is 13.4. The maximum absolute atomic E-state index is 11.2. The van der Waals surface area contributed by atoms with Crippen LogP contribution in [0.5, 0.6) is 11.5 Å². The molecule has 0 unspecified atom stereocenters. The Morgan fingerprint density at radius 1 is 1.05 bits per heavy atom. The lowest BCUT2D eigenvalue weighted by molar-refractivity contribution is 0.0812. The smallest absolute Gasteiger partial charge is 0.407 e. The summed E-state index contributed by atoms with van der Waals surface area (Å²) in [5, 5.41) is 18.8. The third-order valence-corrected chi connectivity index (χ3v) is 7.64. The number of carbonyl (C=O) groups is 1. The number of methoxy groups -OCH3 is 2. The molecule has 0 spiro atoms. The van der Waals surface area contributed by atoms with E-state index in [2.05, 4.69) is 31.1 Å². The molecule has 4 heterocycles. The number of carboxylic acid groups (broad SMARTS) is 1. The van der Waals surface area contributed by atoms with Crippen molar-refractivity contribution in [1.29, 1.82) is 0 Å². The van der Waals surface area contributed by atoms with Crippen LogP contribution in [0.25, 0.3) is 33.5 Å². The van der Waals surface area contributed by atoms with Crippen molar-refractivity contribution in [1.82, 2.24) is 29.4 Å². The predicted octanol–water partition coefficient (Wildman–Crippen LogP) is 5.18. The van der Waals surface area contributed by atoms with E-state index in [1.807, 2.05) is 52.0 Å². The monoisotopic (exact) mass is 538 g/mol. The van der Waals surface area contributed by atoms with Crippen molar-refractivity contribution in [3.63, 3.8) is 0 Å². The second-order valence-corrected chi connectivity index (χ2v) is 10.1. The topological polar surface area (TPSA) is 108 Å². The van der Waals surface area contributed by atoms with Crippen molar-refractivity contribution in [3.05, 3.63) is 77.6 Å². The van der Waals surface area contributed by atoms with Gasteiger partial charge in [-0.15, -0.1) is 0 Å². The molecular formula is C30H30N6O4. The minimum absolute atomic E-state index is 0.00365. The van der Waals surface area contributed by atoms with Crippen LogP contribution in [0.1, 0.15) is 22.7 Å². The van der Waals surface area contributed by atoms with E-state index in [-0.39, 0.29) is 6.04 Å². The van der Waals surface area contributed by atoms with Crippen molar-refractivity contribution in [2.75, 3.05) is 27.3 Å². The number of aryl methyl sites for hydroxylation is 1. The quantitative estimate of drug-likeness (QED) is 0.304. The first-order valence-corrected chi connectivity index (χ1v) is 13.0. The van der Waals surface area contributed by atoms with Crippen molar-refractivity contribution < 1.29 is 19.4 Å². The lowest BCUT2D eigenvalue weighted by atomic mass is 9.99. The van der Waals surface area contributed by atoms with Gasteiger partial charge < -0.3 is 19.5 Å². The molecule has 1 saturated heterocycles. The summed E-state index contributed by atoms with van der Waals surface area (Å²) in [6.45, 7) is 5.53. The molecule has 10 heteroatoms. The number of ether oxygens (including phenoxy) is 2. The number of pyridine rings is 1. The number of hydrogen-bond acceptors (Lipinski definition) is 6. The fraction of sp³-hybridized carbons (Fsp3) is 0.267. The average molecular weight is 539 g/mol. The molecule has 0 bridgehead atoms. The van der Waals surface area contributed by atoms with Gasteiger partial charge in [-0.05, 0) is 42.7 Å². The molecule has 1 N–H and O–H groups in total. The Morgan fingerprint density at radius 3 is 2.52 bits per heavy atom. The number of likely N-dealkylation sites (tertiary alicyclic amines) is 1. The van der Waals surface area contributed by atoms with Gasteiger partial charge in [0.05, 0.1) is 38.5 Å². The lowest BCUT2D eigenvalue weighted by Crippen LogP contribution is -2.50. The molecule has 204 valence electrons. The van der Waals surface area contributed by atoms with Gasteiger partial charge in [0.1, 0.15) is 28.4 Å².